The molecule has 0 aliphatic heterocycles. The molecule has 2 aromatic carbocycles. The first-order valence-corrected chi connectivity index (χ1v) is 9.85. The zero-order valence-corrected chi connectivity index (χ0v) is 16.3. The van der Waals surface area contributed by atoms with Crippen molar-refractivity contribution in [2.45, 2.75) is 18.9 Å². The number of aromatic nitrogens is 3. The number of Topliss-reactive ketones (excluding diaryl/α,β-unsaturated/α-hetero) is 1. The van der Waals surface area contributed by atoms with E-state index in [1.165, 1.54) is 23.9 Å². The van der Waals surface area contributed by atoms with E-state index < -0.39 is 0 Å². The maximum absolute atomic E-state index is 13.3. The van der Waals surface area contributed by atoms with Gasteiger partial charge in [-0.3, -0.25) is 4.79 Å². The fourth-order valence-electron chi connectivity index (χ4n) is 3.23. The van der Waals surface area contributed by atoms with E-state index in [1.807, 2.05) is 44.2 Å². The van der Waals surface area contributed by atoms with Gasteiger partial charge in [0.05, 0.1) is 5.75 Å². The molecule has 1 N–H and O–H groups in total. The lowest BCUT2D eigenvalue weighted by Crippen LogP contribution is -2.04. The largest absolute Gasteiger partial charge is 0.362 e. The van der Waals surface area contributed by atoms with E-state index in [4.69, 9.17) is 0 Å². The van der Waals surface area contributed by atoms with Crippen molar-refractivity contribution in [1.82, 2.24) is 15.2 Å². The predicted octanol–water partition coefficient (Wildman–Crippen LogP) is 5.36. The average Bonchev–Trinajstić information content (AvgIpc) is 3.05. The van der Waals surface area contributed by atoms with Crippen molar-refractivity contribution < 1.29 is 9.18 Å². The number of carbonyl (C=O) groups is 1. The molecule has 4 rings (SSSR count). The predicted molar refractivity (Wildman–Crippen MR) is 110 cm³/mol. The van der Waals surface area contributed by atoms with Crippen molar-refractivity contribution in [3.8, 4) is 11.3 Å². The molecule has 0 fully saturated rings. The highest BCUT2D eigenvalue weighted by Gasteiger charge is 2.15. The molecular formula is C22H18FN3OS. The summed E-state index contributed by atoms with van der Waals surface area (Å²) in [4.78, 5) is 15.7. The minimum atomic E-state index is -0.290. The quantitative estimate of drug-likeness (QED) is 0.368. The molecule has 0 amide bonds. The van der Waals surface area contributed by atoms with Crippen LogP contribution in [0.5, 0.6) is 0 Å². The number of nitrogens with zero attached hydrogens (tertiary/aromatic N) is 2. The van der Waals surface area contributed by atoms with E-state index in [9.17, 15) is 9.18 Å². The van der Waals surface area contributed by atoms with Crippen molar-refractivity contribution in [1.29, 1.82) is 0 Å². The molecule has 2 heterocycles. The number of halogens is 1. The zero-order valence-electron chi connectivity index (χ0n) is 15.5. The maximum atomic E-state index is 13.3. The van der Waals surface area contributed by atoms with Crippen LogP contribution in [0.3, 0.4) is 0 Å². The summed E-state index contributed by atoms with van der Waals surface area (Å²) in [6.45, 7) is 3.83. The summed E-state index contributed by atoms with van der Waals surface area (Å²) in [5.41, 5.74) is 4.06. The van der Waals surface area contributed by atoms with Crippen LogP contribution in [-0.2, 0) is 0 Å². The third-order valence-electron chi connectivity index (χ3n) is 4.56. The molecule has 0 aliphatic carbocycles. The Labute approximate surface area is 166 Å². The second kappa shape index (κ2) is 7.56. The van der Waals surface area contributed by atoms with E-state index in [0.29, 0.717) is 16.3 Å². The van der Waals surface area contributed by atoms with Crippen molar-refractivity contribution in [3.63, 3.8) is 0 Å². The standard InChI is InChI=1S/C22H18FN3OS/c1-13-11-19(14(2)24-13)20(27)12-28-22-18-6-4-3-5-17(18)21(25-26-22)15-7-9-16(23)10-8-15/h3-11,24H,12H2,1-2H3. The molecule has 28 heavy (non-hydrogen) atoms. The Kier molecular flexibility index (Phi) is 4.96. The molecule has 4 nitrogen and oxygen atoms in total. The zero-order chi connectivity index (χ0) is 19.7. The first-order valence-electron chi connectivity index (χ1n) is 8.86. The number of ketones is 1. The number of thioether (sulfide) groups is 1. The summed E-state index contributed by atoms with van der Waals surface area (Å²) >= 11 is 1.38. The number of aromatic amines is 1. The van der Waals surface area contributed by atoms with Gasteiger partial charge in [0.1, 0.15) is 16.5 Å². The van der Waals surface area contributed by atoms with E-state index in [2.05, 4.69) is 15.2 Å². The summed E-state index contributed by atoms with van der Waals surface area (Å²) in [5, 5.41) is 11.3. The molecular weight excluding hydrogens is 373 g/mol. The Hall–Kier alpha value is -2.99. The minimum Gasteiger partial charge on any atom is -0.362 e. The number of nitrogens with one attached hydrogen (secondary N) is 1. The lowest BCUT2D eigenvalue weighted by molar-refractivity contribution is 0.102. The third-order valence-corrected chi connectivity index (χ3v) is 5.54. The molecule has 6 heteroatoms. The van der Waals surface area contributed by atoms with Gasteiger partial charge in [-0.05, 0) is 44.2 Å². The second-order valence-corrected chi connectivity index (χ2v) is 7.57. The van der Waals surface area contributed by atoms with E-state index >= 15 is 0 Å². The number of aryl methyl sites for hydroxylation is 2. The van der Waals surface area contributed by atoms with Crippen LogP contribution in [0.1, 0.15) is 21.7 Å². The Balaban J connectivity index is 1.65. The first-order chi connectivity index (χ1) is 13.5. The van der Waals surface area contributed by atoms with Crippen LogP contribution >= 0.6 is 11.8 Å². The summed E-state index contributed by atoms with van der Waals surface area (Å²) in [5.74, 6) is 0.0505. The van der Waals surface area contributed by atoms with E-state index in [1.54, 1.807) is 12.1 Å². The number of H-pyrrole nitrogens is 1. The molecule has 2 aromatic heterocycles. The van der Waals surface area contributed by atoms with Gasteiger partial charge in [0, 0.05) is 33.3 Å². The summed E-state index contributed by atoms with van der Waals surface area (Å²) in [6.07, 6.45) is 0. The van der Waals surface area contributed by atoms with Gasteiger partial charge < -0.3 is 4.98 Å². The van der Waals surface area contributed by atoms with Crippen molar-refractivity contribution in [2.75, 3.05) is 5.75 Å². The lowest BCUT2D eigenvalue weighted by Gasteiger charge is -2.09. The third kappa shape index (κ3) is 3.55. The van der Waals surface area contributed by atoms with Crippen LogP contribution in [0.25, 0.3) is 22.0 Å². The molecule has 0 unspecified atom stereocenters. The van der Waals surface area contributed by atoms with Crippen molar-refractivity contribution in [3.05, 3.63) is 77.4 Å². The molecule has 0 spiro atoms. The fraction of sp³-hybridized carbons (Fsp3) is 0.136. The molecule has 4 aromatic rings. The number of hydrogen-bond donors (Lipinski definition) is 1. The molecule has 0 radical (unpaired) electrons. The van der Waals surface area contributed by atoms with Gasteiger partial charge in [-0.2, -0.15) is 0 Å². The lowest BCUT2D eigenvalue weighted by atomic mass is 10.1. The van der Waals surface area contributed by atoms with Crippen molar-refractivity contribution >= 4 is 28.3 Å². The molecule has 0 saturated heterocycles. The van der Waals surface area contributed by atoms with Crippen molar-refractivity contribution in [2.24, 2.45) is 0 Å². The van der Waals surface area contributed by atoms with Crippen LogP contribution in [0.2, 0.25) is 0 Å². The van der Waals surface area contributed by atoms with Crippen LogP contribution < -0.4 is 0 Å². The summed E-state index contributed by atoms with van der Waals surface area (Å²) < 4.78 is 13.3. The topological polar surface area (TPSA) is 58.6 Å². The van der Waals surface area contributed by atoms with Gasteiger partial charge in [-0.1, -0.05) is 36.0 Å². The average molecular weight is 391 g/mol. The van der Waals surface area contributed by atoms with Gasteiger partial charge in [0.15, 0.2) is 5.78 Å². The SMILES string of the molecule is Cc1cc(C(=O)CSc2nnc(-c3ccc(F)cc3)c3ccccc23)c(C)[nH]1. The van der Waals surface area contributed by atoms with Crippen LogP contribution in [0.4, 0.5) is 4.39 Å². The summed E-state index contributed by atoms with van der Waals surface area (Å²) in [7, 11) is 0. The molecule has 0 aliphatic rings. The van der Waals surface area contributed by atoms with E-state index in [-0.39, 0.29) is 17.4 Å². The number of fused-ring (bicyclic) bond motifs is 1. The highest BCUT2D eigenvalue weighted by Crippen LogP contribution is 2.32. The number of carbonyl (C=O) groups excluding carboxylic acids is 1. The second-order valence-electron chi connectivity index (χ2n) is 6.61. The van der Waals surface area contributed by atoms with Gasteiger partial charge in [-0.25, -0.2) is 4.39 Å². The van der Waals surface area contributed by atoms with E-state index in [0.717, 1.165) is 27.7 Å². The first kappa shape index (κ1) is 18.4. The van der Waals surface area contributed by atoms with Crippen LogP contribution in [0.15, 0.2) is 59.6 Å². The molecule has 140 valence electrons. The van der Waals surface area contributed by atoms with Crippen LogP contribution in [0, 0.1) is 19.7 Å². The monoisotopic (exact) mass is 391 g/mol. The highest BCUT2D eigenvalue weighted by atomic mass is 32.2. The number of benzene rings is 2. The minimum absolute atomic E-state index is 0.0559. The number of hydrogen-bond acceptors (Lipinski definition) is 4. The van der Waals surface area contributed by atoms with Crippen LogP contribution in [-0.4, -0.2) is 26.7 Å². The molecule has 0 bridgehead atoms. The maximum Gasteiger partial charge on any atom is 0.174 e. The van der Waals surface area contributed by atoms with Gasteiger partial charge >= 0.3 is 0 Å². The number of rotatable bonds is 5. The van der Waals surface area contributed by atoms with Gasteiger partial charge in [0.2, 0.25) is 0 Å². The normalized spacial score (nSPS) is 11.1. The molecule has 0 saturated carbocycles. The highest BCUT2D eigenvalue weighted by molar-refractivity contribution is 8.00. The fourth-order valence-corrected chi connectivity index (χ4v) is 4.09. The smallest absolute Gasteiger partial charge is 0.174 e. The Morgan fingerprint density at radius 3 is 2.43 bits per heavy atom. The van der Waals surface area contributed by atoms with Gasteiger partial charge in [0.25, 0.3) is 0 Å². The van der Waals surface area contributed by atoms with Gasteiger partial charge in [-0.15, -0.1) is 10.2 Å². The Morgan fingerprint density at radius 1 is 1.04 bits per heavy atom. The Bertz CT molecular complexity index is 1170. The molecule has 0 atom stereocenters. The Morgan fingerprint density at radius 2 is 1.75 bits per heavy atom. The summed E-state index contributed by atoms with van der Waals surface area (Å²) in [6, 6.07) is 15.9.